The lowest BCUT2D eigenvalue weighted by Gasteiger charge is -2.34. The quantitative estimate of drug-likeness (QED) is 0.759. The molecule has 104 valence electrons. The topological polar surface area (TPSA) is 32.8 Å². The molecule has 0 saturated carbocycles. The molecule has 0 aromatic rings. The third-order valence-corrected chi connectivity index (χ3v) is 4.44. The van der Waals surface area contributed by atoms with Gasteiger partial charge in [0.25, 0.3) is 0 Å². The Morgan fingerprint density at radius 3 is 2.56 bits per heavy atom. The zero-order valence-electron chi connectivity index (χ0n) is 11.9. The van der Waals surface area contributed by atoms with Crippen molar-refractivity contribution in [3.8, 4) is 0 Å². The largest absolute Gasteiger partial charge is 0.384 e. The van der Waals surface area contributed by atoms with E-state index in [2.05, 4.69) is 16.8 Å². The number of hydrogen-bond donors (Lipinski definition) is 0. The summed E-state index contributed by atoms with van der Waals surface area (Å²) in [7, 11) is 3.85. The van der Waals surface area contributed by atoms with Crippen molar-refractivity contribution in [1.82, 2.24) is 9.80 Å². The Morgan fingerprint density at radius 1 is 1.28 bits per heavy atom. The number of nitrogens with zero attached hydrogens (tertiary/aromatic N) is 2. The fourth-order valence-corrected chi connectivity index (χ4v) is 3.49. The molecule has 0 spiro atoms. The van der Waals surface area contributed by atoms with Gasteiger partial charge in [0, 0.05) is 25.7 Å². The van der Waals surface area contributed by atoms with Gasteiger partial charge in [-0.2, -0.15) is 0 Å². The summed E-state index contributed by atoms with van der Waals surface area (Å²) in [5, 5.41) is 0. The molecule has 2 saturated heterocycles. The highest BCUT2D eigenvalue weighted by molar-refractivity contribution is 5.79. The van der Waals surface area contributed by atoms with Gasteiger partial charge in [-0.15, -0.1) is 0 Å². The molecule has 2 heterocycles. The molecule has 18 heavy (non-hydrogen) atoms. The lowest BCUT2D eigenvalue weighted by molar-refractivity contribution is -0.138. The molecule has 2 rings (SSSR count). The number of ether oxygens (including phenoxy) is 1. The first-order valence-corrected chi connectivity index (χ1v) is 7.14. The van der Waals surface area contributed by atoms with Gasteiger partial charge in [-0.1, -0.05) is 6.92 Å². The van der Waals surface area contributed by atoms with Crippen LogP contribution in [0.5, 0.6) is 0 Å². The summed E-state index contributed by atoms with van der Waals surface area (Å²) in [5.41, 5.74) is 0. The number of methoxy groups -OCH3 is 1. The van der Waals surface area contributed by atoms with Gasteiger partial charge >= 0.3 is 0 Å². The van der Waals surface area contributed by atoms with E-state index >= 15 is 0 Å². The summed E-state index contributed by atoms with van der Waals surface area (Å²) < 4.78 is 5.11. The molecular weight excluding hydrogens is 228 g/mol. The van der Waals surface area contributed by atoms with E-state index < -0.39 is 0 Å². The maximum absolute atomic E-state index is 12.4. The third-order valence-electron chi connectivity index (χ3n) is 4.44. The average molecular weight is 254 g/mol. The highest BCUT2D eigenvalue weighted by atomic mass is 16.5. The number of likely N-dealkylation sites (N-methyl/N-ethyl adjacent to an activating group) is 1. The maximum atomic E-state index is 12.4. The molecule has 3 atom stereocenters. The van der Waals surface area contributed by atoms with E-state index in [0.29, 0.717) is 18.7 Å². The van der Waals surface area contributed by atoms with Crippen molar-refractivity contribution in [2.45, 2.75) is 44.7 Å². The number of hydrogen-bond acceptors (Lipinski definition) is 3. The Balaban J connectivity index is 2.00. The minimum atomic E-state index is -0.0118. The van der Waals surface area contributed by atoms with Gasteiger partial charge in [0.1, 0.15) is 0 Å². The van der Waals surface area contributed by atoms with Crippen LogP contribution in [0.1, 0.15) is 32.6 Å². The van der Waals surface area contributed by atoms with Crippen molar-refractivity contribution in [3.05, 3.63) is 0 Å². The Morgan fingerprint density at radius 2 is 1.94 bits per heavy atom. The number of amides is 1. The van der Waals surface area contributed by atoms with E-state index in [1.54, 1.807) is 7.11 Å². The number of likely N-dealkylation sites (tertiary alicyclic amines) is 2. The third kappa shape index (κ3) is 2.69. The molecule has 0 aromatic heterocycles. The SMILES string of the molecule is COCC(C)C(=O)N1CCCC1C1CCCN1C. The average Bonchev–Trinajstić information content (AvgIpc) is 2.96. The Bertz CT molecular complexity index is 296. The van der Waals surface area contributed by atoms with E-state index in [0.717, 1.165) is 13.0 Å². The number of carbonyl (C=O) groups excluding carboxylic acids is 1. The Hall–Kier alpha value is -0.610. The van der Waals surface area contributed by atoms with Gasteiger partial charge in [-0.25, -0.2) is 0 Å². The molecular formula is C14H26N2O2. The molecule has 0 bridgehead atoms. The van der Waals surface area contributed by atoms with Crippen LogP contribution in [0, 0.1) is 5.92 Å². The molecule has 0 radical (unpaired) electrons. The molecule has 4 heteroatoms. The fourth-order valence-electron chi connectivity index (χ4n) is 3.49. The van der Waals surface area contributed by atoms with E-state index in [1.165, 1.54) is 25.8 Å². The monoisotopic (exact) mass is 254 g/mol. The van der Waals surface area contributed by atoms with Crippen molar-refractivity contribution in [2.75, 3.05) is 33.9 Å². The molecule has 3 unspecified atom stereocenters. The van der Waals surface area contributed by atoms with Crippen molar-refractivity contribution < 1.29 is 9.53 Å². The summed E-state index contributed by atoms with van der Waals surface area (Å²) in [5.74, 6) is 0.266. The molecule has 2 fully saturated rings. The fraction of sp³-hybridized carbons (Fsp3) is 0.929. The van der Waals surface area contributed by atoms with Crippen LogP contribution in [0.15, 0.2) is 0 Å². The zero-order chi connectivity index (χ0) is 13.1. The van der Waals surface area contributed by atoms with Gasteiger partial charge in [-0.3, -0.25) is 4.79 Å². The van der Waals surface area contributed by atoms with Crippen LogP contribution in [-0.4, -0.2) is 61.6 Å². The van der Waals surface area contributed by atoms with E-state index in [1.807, 2.05) is 6.92 Å². The van der Waals surface area contributed by atoms with E-state index in [4.69, 9.17) is 4.74 Å². The van der Waals surface area contributed by atoms with Crippen molar-refractivity contribution >= 4 is 5.91 Å². The van der Waals surface area contributed by atoms with E-state index in [-0.39, 0.29) is 11.8 Å². The van der Waals surface area contributed by atoms with Crippen LogP contribution in [-0.2, 0) is 9.53 Å². The van der Waals surface area contributed by atoms with Crippen LogP contribution in [0.3, 0.4) is 0 Å². The van der Waals surface area contributed by atoms with Gasteiger partial charge in [0.15, 0.2) is 0 Å². The smallest absolute Gasteiger partial charge is 0.228 e. The van der Waals surface area contributed by atoms with Gasteiger partial charge < -0.3 is 14.5 Å². The number of carbonyl (C=O) groups is 1. The molecule has 4 nitrogen and oxygen atoms in total. The summed E-state index contributed by atoms with van der Waals surface area (Å²) in [6.07, 6.45) is 4.83. The van der Waals surface area contributed by atoms with Gasteiger partial charge in [0.05, 0.1) is 12.5 Å². The van der Waals surface area contributed by atoms with Crippen LogP contribution in [0.2, 0.25) is 0 Å². The second-order valence-electron chi connectivity index (χ2n) is 5.79. The second-order valence-corrected chi connectivity index (χ2v) is 5.79. The van der Waals surface area contributed by atoms with Crippen molar-refractivity contribution in [3.63, 3.8) is 0 Å². The predicted octanol–water partition coefficient (Wildman–Crippen LogP) is 1.35. The summed E-state index contributed by atoms with van der Waals surface area (Å²) >= 11 is 0. The Kier molecular flexibility index (Phi) is 4.62. The van der Waals surface area contributed by atoms with Gasteiger partial charge in [0.2, 0.25) is 5.91 Å². The zero-order valence-corrected chi connectivity index (χ0v) is 11.9. The normalized spacial score (nSPS) is 30.9. The standard InChI is InChI=1S/C14H26N2O2/c1-11(10-18-3)14(17)16-9-5-7-13(16)12-6-4-8-15(12)2/h11-13H,4-10H2,1-3H3. The van der Waals surface area contributed by atoms with Crippen molar-refractivity contribution in [2.24, 2.45) is 5.92 Å². The van der Waals surface area contributed by atoms with Crippen LogP contribution in [0.25, 0.3) is 0 Å². The minimum absolute atomic E-state index is 0.0118. The van der Waals surface area contributed by atoms with Gasteiger partial charge in [-0.05, 0) is 39.3 Å². The highest BCUT2D eigenvalue weighted by Gasteiger charge is 2.39. The highest BCUT2D eigenvalue weighted by Crippen LogP contribution is 2.29. The lowest BCUT2D eigenvalue weighted by atomic mass is 10.0. The number of rotatable bonds is 4. The first kappa shape index (κ1) is 13.8. The Labute approximate surface area is 110 Å². The van der Waals surface area contributed by atoms with Crippen molar-refractivity contribution in [1.29, 1.82) is 0 Å². The maximum Gasteiger partial charge on any atom is 0.228 e. The van der Waals surface area contributed by atoms with E-state index in [9.17, 15) is 4.79 Å². The van der Waals surface area contributed by atoms with Crippen LogP contribution < -0.4 is 0 Å². The van der Waals surface area contributed by atoms with Crippen LogP contribution in [0.4, 0.5) is 0 Å². The summed E-state index contributed by atoms with van der Waals surface area (Å²) in [6.45, 7) is 4.61. The predicted molar refractivity (Wildman–Crippen MR) is 71.4 cm³/mol. The summed E-state index contributed by atoms with van der Waals surface area (Å²) in [6, 6.07) is 1.01. The molecule has 2 aliphatic rings. The molecule has 0 N–H and O–H groups in total. The molecule has 0 aliphatic carbocycles. The first-order chi connectivity index (χ1) is 8.65. The molecule has 2 aliphatic heterocycles. The van der Waals surface area contributed by atoms with Crippen LogP contribution >= 0.6 is 0 Å². The summed E-state index contributed by atoms with van der Waals surface area (Å²) in [4.78, 5) is 17.0. The molecule has 0 aromatic carbocycles. The second kappa shape index (κ2) is 6.02. The first-order valence-electron chi connectivity index (χ1n) is 7.14. The lowest BCUT2D eigenvalue weighted by Crippen LogP contribution is -2.49. The molecule has 1 amide bonds. The minimum Gasteiger partial charge on any atom is -0.384 e.